The topological polar surface area (TPSA) is 38.8 Å². The molecule has 1 aliphatic heterocycles. The number of methoxy groups -OCH3 is 1. The van der Waals surface area contributed by atoms with E-state index in [4.69, 9.17) is 9.47 Å². The molecule has 1 atom stereocenters. The van der Waals surface area contributed by atoms with Crippen molar-refractivity contribution in [3.63, 3.8) is 0 Å². The van der Waals surface area contributed by atoms with Gasteiger partial charge >= 0.3 is 0 Å². The van der Waals surface area contributed by atoms with Gasteiger partial charge in [0.25, 0.3) is 5.91 Å². The van der Waals surface area contributed by atoms with Crippen LogP contribution in [0.4, 0.5) is 17.6 Å². The fraction of sp³-hybridized carbons (Fsp3) is 0.381. The molecular weight excluding hydrogens is 390 g/mol. The van der Waals surface area contributed by atoms with E-state index in [2.05, 4.69) is 0 Å². The van der Waals surface area contributed by atoms with Crippen LogP contribution in [0.1, 0.15) is 37.3 Å². The lowest BCUT2D eigenvalue weighted by molar-refractivity contribution is -0.136. The van der Waals surface area contributed by atoms with Crippen molar-refractivity contribution in [3.05, 3.63) is 59.2 Å². The molecule has 1 unspecified atom stereocenters. The van der Waals surface area contributed by atoms with E-state index < -0.39 is 41.5 Å². The zero-order valence-electron chi connectivity index (χ0n) is 15.9. The van der Waals surface area contributed by atoms with Crippen molar-refractivity contribution < 1.29 is 31.8 Å². The SMILES string of the molecule is COc1ccc(C2CCCCCN2C(=O)COc2c(F)c(F)cc(F)c2F)cc1. The Bertz CT molecular complexity index is 847. The van der Waals surface area contributed by atoms with Crippen molar-refractivity contribution in [3.8, 4) is 11.5 Å². The second kappa shape index (κ2) is 9.15. The molecule has 1 fully saturated rings. The molecule has 156 valence electrons. The molecule has 0 saturated carbocycles. The Balaban J connectivity index is 1.78. The first kappa shape index (κ1) is 21.0. The maximum Gasteiger partial charge on any atom is 0.261 e. The van der Waals surface area contributed by atoms with Gasteiger partial charge in [-0.15, -0.1) is 0 Å². The number of benzene rings is 2. The summed E-state index contributed by atoms with van der Waals surface area (Å²) in [5, 5.41) is 0. The molecule has 1 amide bonds. The Morgan fingerprint density at radius 3 is 2.31 bits per heavy atom. The second-order valence-electron chi connectivity index (χ2n) is 6.81. The quantitative estimate of drug-likeness (QED) is 0.525. The summed E-state index contributed by atoms with van der Waals surface area (Å²) >= 11 is 0. The van der Waals surface area contributed by atoms with Gasteiger partial charge in [-0.1, -0.05) is 25.0 Å². The van der Waals surface area contributed by atoms with Gasteiger partial charge in [-0.05, 0) is 30.5 Å². The van der Waals surface area contributed by atoms with E-state index in [0.29, 0.717) is 12.3 Å². The van der Waals surface area contributed by atoms with Crippen LogP contribution in [0.3, 0.4) is 0 Å². The minimum Gasteiger partial charge on any atom is -0.497 e. The molecule has 4 nitrogen and oxygen atoms in total. The van der Waals surface area contributed by atoms with E-state index in [1.807, 2.05) is 12.1 Å². The van der Waals surface area contributed by atoms with Gasteiger partial charge in [-0.2, -0.15) is 8.78 Å². The Labute approximate surface area is 166 Å². The Morgan fingerprint density at radius 1 is 1.03 bits per heavy atom. The number of ether oxygens (including phenoxy) is 2. The van der Waals surface area contributed by atoms with Crippen LogP contribution in [0.25, 0.3) is 0 Å². The highest BCUT2D eigenvalue weighted by Gasteiger charge is 2.28. The Morgan fingerprint density at radius 2 is 1.69 bits per heavy atom. The number of likely N-dealkylation sites (tertiary alicyclic amines) is 1. The number of rotatable bonds is 5. The number of carbonyl (C=O) groups is 1. The summed E-state index contributed by atoms with van der Waals surface area (Å²) in [6.45, 7) is -0.287. The highest BCUT2D eigenvalue weighted by molar-refractivity contribution is 5.78. The first-order valence-electron chi connectivity index (χ1n) is 9.31. The first-order valence-corrected chi connectivity index (χ1v) is 9.31. The molecule has 1 heterocycles. The van der Waals surface area contributed by atoms with E-state index in [1.54, 1.807) is 24.1 Å². The van der Waals surface area contributed by atoms with Crippen LogP contribution >= 0.6 is 0 Å². The van der Waals surface area contributed by atoms with Crippen molar-refractivity contribution in [2.75, 3.05) is 20.3 Å². The van der Waals surface area contributed by atoms with Crippen LogP contribution in [0.2, 0.25) is 0 Å². The summed E-state index contributed by atoms with van der Waals surface area (Å²) in [5.41, 5.74) is 0.898. The molecule has 8 heteroatoms. The largest absolute Gasteiger partial charge is 0.497 e. The first-order chi connectivity index (χ1) is 13.9. The van der Waals surface area contributed by atoms with Gasteiger partial charge in [-0.25, -0.2) is 8.78 Å². The van der Waals surface area contributed by atoms with Crippen molar-refractivity contribution in [2.45, 2.75) is 31.7 Å². The van der Waals surface area contributed by atoms with E-state index in [1.165, 1.54) is 0 Å². The molecule has 0 bridgehead atoms. The van der Waals surface area contributed by atoms with Gasteiger partial charge in [0, 0.05) is 12.6 Å². The highest BCUT2D eigenvalue weighted by Crippen LogP contribution is 2.32. The Hall–Kier alpha value is -2.77. The monoisotopic (exact) mass is 411 g/mol. The molecule has 1 aliphatic rings. The number of halogens is 4. The molecule has 0 aliphatic carbocycles. The van der Waals surface area contributed by atoms with Crippen molar-refractivity contribution >= 4 is 5.91 Å². The third-order valence-corrected chi connectivity index (χ3v) is 4.99. The lowest BCUT2D eigenvalue weighted by atomic mass is 10.0. The minimum atomic E-state index is -1.67. The van der Waals surface area contributed by atoms with Crippen LogP contribution in [0, 0.1) is 23.3 Å². The van der Waals surface area contributed by atoms with Gasteiger partial charge in [0.1, 0.15) is 5.75 Å². The summed E-state index contributed by atoms with van der Waals surface area (Å²) in [6.07, 6.45) is 3.35. The number of hydrogen-bond acceptors (Lipinski definition) is 3. The normalized spacial score (nSPS) is 17.0. The molecule has 2 aromatic carbocycles. The minimum absolute atomic E-state index is 0.0911. The van der Waals surface area contributed by atoms with Crippen molar-refractivity contribution in [2.24, 2.45) is 0 Å². The van der Waals surface area contributed by atoms with Crippen LogP contribution in [0.15, 0.2) is 30.3 Å². The van der Waals surface area contributed by atoms with Crippen LogP contribution in [0.5, 0.6) is 11.5 Å². The smallest absolute Gasteiger partial charge is 0.261 e. The van der Waals surface area contributed by atoms with E-state index in [9.17, 15) is 22.4 Å². The van der Waals surface area contributed by atoms with Gasteiger partial charge in [0.2, 0.25) is 11.6 Å². The maximum absolute atomic E-state index is 13.8. The van der Waals surface area contributed by atoms with Gasteiger partial charge in [-0.3, -0.25) is 4.79 Å². The molecule has 0 radical (unpaired) electrons. The molecule has 0 N–H and O–H groups in total. The molecule has 2 aromatic rings. The molecule has 0 spiro atoms. The third kappa shape index (κ3) is 4.63. The predicted molar refractivity (Wildman–Crippen MR) is 97.7 cm³/mol. The van der Waals surface area contributed by atoms with Crippen molar-refractivity contribution in [1.82, 2.24) is 4.90 Å². The second-order valence-corrected chi connectivity index (χ2v) is 6.81. The third-order valence-electron chi connectivity index (χ3n) is 4.99. The van der Waals surface area contributed by atoms with E-state index in [0.717, 1.165) is 31.2 Å². The maximum atomic E-state index is 13.8. The van der Waals surface area contributed by atoms with Gasteiger partial charge in [0.05, 0.1) is 13.2 Å². The molecule has 1 saturated heterocycles. The molecule has 0 aromatic heterocycles. The summed E-state index contributed by atoms with van der Waals surface area (Å²) in [6, 6.07) is 7.15. The molecular formula is C21H21F4NO3. The van der Waals surface area contributed by atoms with Gasteiger partial charge < -0.3 is 14.4 Å². The average molecular weight is 411 g/mol. The summed E-state index contributed by atoms with van der Waals surface area (Å²) < 4.78 is 64.2. The fourth-order valence-electron chi connectivity index (χ4n) is 3.47. The molecule has 3 rings (SSSR count). The number of hydrogen-bond donors (Lipinski definition) is 0. The summed E-state index contributed by atoms with van der Waals surface area (Å²) in [4.78, 5) is 14.4. The van der Waals surface area contributed by atoms with Crippen LogP contribution < -0.4 is 9.47 Å². The number of carbonyl (C=O) groups excluding carboxylic acids is 1. The standard InChI is InChI=1S/C21H21F4NO3/c1-28-14-8-6-13(7-9-14)17-5-3-2-4-10-26(17)18(27)12-29-21-19(24)15(22)11-16(23)20(21)25/h6-9,11,17H,2-5,10,12H2,1H3. The highest BCUT2D eigenvalue weighted by atomic mass is 19.2. The van der Waals surface area contributed by atoms with Crippen LogP contribution in [-0.4, -0.2) is 31.1 Å². The lowest BCUT2D eigenvalue weighted by Gasteiger charge is -2.30. The number of amides is 1. The predicted octanol–water partition coefficient (Wildman–Crippen LogP) is 4.77. The lowest BCUT2D eigenvalue weighted by Crippen LogP contribution is -2.38. The van der Waals surface area contributed by atoms with Crippen molar-refractivity contribution in [1.29, 1.82) is 0 Å². The van der Waals surface area contributed by atoms with Crippen LogP contribution in [-0.2, 0) is 4.79 Å². The van der Waals surface area contributed by atoms with Gasteiger partial charge in [0.15, 0.2) is 24.0 Å². The fourth-order valence-corrected chi connectivity index (χ4v) is 3.47. The summed E-state index contributed by atoms with van der Waals surface area (Å²) in [5.74, 6) is -7.57. The molecule has 29 heavy (non-hydrogen) atoms. The average Bonchev–Trinajstić information content (AvgIpc) is 2.98. The summed E-state index contributed by atoms with van der Waals surface area (Å²) in [7, 11) is 1.56. The zero-order valence-corrected chi connectivity index (χ0v) is 15.9. The Kier molecular flexibility index (Phi) is 6.61. The zero-order chi connectivity index (χ0) is 21.0. The van der Waals surface area contributed by atoms with E-state index in [-0.39, 0.29) is 12.1 Å². The van der Waals surface area contributed by atoms with E-state index >= 15 is 0 Å². The number of nitrogens with zero attached hydrogens (tertiary/aromatic N) is 1.